The Morgan fingerprint density at radius 3 is 3.07 bits per heavy atom. The summed E-state index contributed by atoms with van der Waals surface area (Å²) in [6.07, 6.45) is 4.46. The molecule has 80 valence electrons. The Balaban J connectivity index is 2.19. The van der Waals surface area contributed by atoms with Crippen LogP contribution in [0.1, 0.15) is 30.5 Å². The number of aliphatic hydroxyl groups excluding tert-OH is 1. The Morgan fingerprint density at radius 1 is 1.53 bits per heavy atom. The zero-order valence-corrected chi connectivity index (χ0v) is 8.68. The van der Waals surface area contributed by atoms with E-state index < -0.39 is 6.10 Å². The molecule has 1 aromatic rings. The third kappa shape index (κ3) is 2.33. The van der Waals surface area contributed by atoms with Gasteiger partial charge in [-0.3, -0.25) is 0 Å². The third-order valence-corrected chi connectivity index (χ3v) is 2.39. The van der Waals surface area contributed by atoms with E-state index in [1.807, 2.05) is 6.92 Å². The normalized spacial score (nSPS) is 17.9. The summed E-state index contributed by atoms with van der Waals surface area (Å²) in [4.78, 5) is 8.19. The van der Waals surface area contributed by atoms with Gasteiger partial charge < -0.3 is 9.84 Å². The van der Waals surface area contributed by atoms with E-state index in [2.05, 4.69) is 9.97 Å². The predicted molar refractivity (Wildman–Crippen MR) is 55.0 cm³/mol. The number of hydrogen-bond donors (Lipinski definition) is 1. The SMILES string of the molecule is Cc1nccc(C(O)C2=COCCC2)n1. The molecule has 0 amide bonds. The van der Waals surface area contributed by atoms with Gasteiger partial charge in [-0.25, -0.2) is 9.97 Å². The Bertz CT molecular complexity index is 377. The standard InChI is InChI=1S/C11H14N2O2/c1-8-12-5-4-10(13-8)11(14)9-3-2-6-15-7-9/h4-5,7,11,14H,2-3,6H2,1H3. The maximum atomic E-state index is 10.0. The van der Waals surface area contributed by atoms with Crippen molar-refractivity contribution < 1.29 is 9.84 Å². The molecule has 0 bridgehead atoms. The molecule has 4 heteroatoms. The van der Waals surface area contributed by atoms with Crippen LogP contribution >= 0.6 is 0 Å². The van der Waals surface area contributed by atoms with Gasteiger partial charge in [0.15, 0.2) is 0 Å². The highest BCUT2D eigenvalue weighted by atomic mass is 16.5. The van der Waals surface area contributed by atoms with Crippen molar-refractivity contribution in [2.45, 2.75) is 25.9 Å². The zero-order chi connectivity index (χ0) is 10.7. The van der Waals surface area contributed by atoms with E-state index in [4.69, 9.17) is 4.74 Å². The summed E-state index contributed by atoms with van der Waals surface area (Å²) in [5, 5.41) is 10.0. The fraction of sp³-hybridized carbons (Fsp3) is 0.455. The van der Waals surface area contributed by atoms with Crippen molar-refractivity contribution >= 4 is 0 Å². The molecule has 0 aromatic carbocycles. The van der Waals surface area contributed by atoms with Gasteiger partial charge >= 0.3 is 0 Å². The summed E-state index contributed by atoms with van der Waals surface area (Å²) >= 11 is 0. The van der Waals surface area contributed by atoms with Crippen LogP contribution in [0.5, 0.6) is 0 Å². The second-order valence-electron chi connectivity index (χ2n) is 3.60. The average molecular weight is 206 g/mol. The summed E-state index contributed by atoms with van der Waals surface area (Å²) in [7, 11) is 0. The Labute approximate surface area is 88.6 Å². The monoisotopic (exact) mass is 206 g/mol. The number of aliphatic hydroxyl groups is 1. The summed E-state index contributed by atoms with van der Waals surface area (Å²) in [5.74, 6) is 0.670. The van der Waals surface area contributed by atoms with Crippen molar-refractivity contribution in [1.29, 1.82) is 0 Å². The molecular formula is C11H14N2O2. The molecule has 0 fully saturated rings. The minimum absolute atomic E-state index is 0.638. The topological polar surface area (TPSA) is 55.2 Å². The molecule has 0 spiro atoms. The number of aromatic nitrogens is 2. The lowest BCUT2D eigenvalue weighted by Crippen LogP contribution is -2.10. The van der Waals surface area contributed by atoms with Gasteiger partial charge in [-0.15, -0.1) is 0 Å². The Morgan fingerprint density at radius 2 is 2.40 bits per heavy atom. The largest absolute Gasteiger partial charge is 0.501 e. The molecule has 15 heavy (non-hydrogen) atoms. The Kier molecular flexibility index (Phi) is 2.97. The van der Waals surface area contributed by atoms with Crippen LogP contribution in [-0.4, -0.2) is 21.7 Å². The van der Waals surface area contributed by atoms with E-state index in [1.165, 1.54) is 0 Å². The third-order valence-electron chi connectivity index (χ3n) is 2.39. The van der Waals surface area contributed by atoms with E-state index in [9.17, 15) is 5.11 Å². The van der Waals surface area contributed by atoms with E-state index in [-0.39, 0.29) is 0 Å². The molecule has 1 N–H and O–H groups in total. The van der Waals surface area contributed by atoms with Gasteiger partial charge in [0.1, 0.15) is 11.9 Å². The molecule has 2 rings (SSSR count). The molecule has 0 saturated heterocycles. The first-order chi connectivity index (χ1) is 7.27. The number of rotatable bonds is 2. The second kappa shape index (κ2) is 4.40. The van der Waals surface area contributed by atoms with E-state index in [1.54, 1.807) is 18.5 Å². The van der Waals surface area contributed by atoms with Gasteiger partial charge in [0, 0.05) is 6.20 Å². The molecule has 1 atom stereocenters. The summed E-state index contributed by atoms with van der Waals surface area (Å²) in [6, 6.07) is 1.73. The number of nitrogens with zero attached hydrogens (tertiary/aromatic N) is 2. The maximum Gasteiger partial charge on any atom is 0.125 e. The van der Waals surface area contributed by atoms with Gasteiger partial charge in [-0.2, -0.15) is 0 Å². The molecule has 1 aliphatic rings. The van der Waals surface area contributed by atoms with Crippen molar-refractivity contribution in [3.63, 3.8) is 0 Å². The molecule has 1 aromatic heterocycles. The van der Waals surface area contributed by atoms with E-state index in [0.29, 0.717) is 11.5 Å². The molecule has 4 nitrogen and oxygen atoms in total. The molecule has 0 aliphatic carbocycles. The predicted octanol–water partition coefficient (Wildman–Crippen LogP) is 1.51. The van der Waals surface area contributed by atoms with Crippen molar-refractivity contribution in [3.05, 3.63) is 35.6 Å². The lowest BCUT2D eigenvalue weighted by Gasteiger charge is -2.18. The Hall–Kier alpha value is -1.42. The van der Waals surface area contributed by atoms with E-state index in [0.717, 1.165) is 25.0 Å². The van der Waals surface area contributed by atoms with Crippen LogP contribution in [0.3, 0.4) is 0 Å². The number of aryl methyl sites for hydroxylation is 1. The van der Waals surface area contributed by atoms with Gasteiger partial charge in [0.2, 0.25) is 0 Å². The highest BCUT2D eigenvalue weighted by molar-refractivity contribution is 5.18. The molecule has 1 unspecified atom stereocenters. The van der Waals surface area contributed by atoms with Crippen molar-refractivity contribution in [3.8, 4) is 0 Å². The van der Waals surface area contributed by atoms with Crippen LogP contribution in [-0.2, 0) is 4.74 Å². The smallest absolute Gasteiger partial charge is 0.125 e. The van der Waals surface area contributed by atoms with Crippen molar-refractivity contribution in [1.82, 2.24) is 9.97 Å². The highest BCUT2D eigenvalue weighted by Gasteiger charge is 2.17. The molecule has 2 heterocycles. The average Bonchev–Trinajstić information content (AvgIpc) is 2.29. The number of hydrogen-bond acceptors (Lipinski definition) is 4. The first-order valence-electron chi connectivity index (χ1n) is 5.05. The fourth-order valence-electron chi connectivity index (χ4n) is 1.60. The van der Waals surface area contributed by atoms with Crippen LogP contribution < -0.4 is 0 Å². The molecule has 1 aliphatic heterocycles. The summed E-state index contributed by atoms with van der Waals surface area (Å²) < 4.78 is 5.19. The van der Waals surface area contributed by atoms with Gasteiger partial charge in [0.05, 0.1) is 18.6 Å². The first-order valence-corrected chi connectivity index (χ1v) is 5.05. The van der Waals surface area contributed by atoms with Crippen LogP contribution in [0.25, 0.3) is 0 Å². The van der Waals surface area contributed by atoms with E-state index >= 15 is 0 Å². The van der Waals surface area contributed by atoms with Crippen LogP contribution in [0, 0.1) is 6.92 Å². The zero-order valence-electron chi connectivity index (χ0n) is 8.68. The lowest BCUT2D eigenvalue weighted by molar-refractivity contribution is 0.167. The molecule has 0 saturated carbocycles. The number of ether oxygens (including phenoxy) is 1. The van der Waals surface area contributed by atoms with Crippen molar-refractivity contribution in [2.75, 3.05) is 6.61 Å². The molecule has 0 radical (unpaired) electrons. The first kappa shape index (κ1) is 10.1. The van der Waals surface area contributed by atoms with Gasteiger partial charge in [0.25, 0.3) is 0 Å². The van der Waals surface area contributed by atoms with Gasteiger partial charge in [-0.05, 0) is 31.4 Å². The van der Waals surface area contributed by atoms with Crippen LogP contribution in [0.15, 0.2) is 24.1 Å². The fourth-order valence-corrected chi connectivity index (χ4v) is 1.60. The quantitative estimate of drug-likeness (QED) is 0.797. The summed E-state index contributed by atoms with van der Waals surface area (Å²) in [6.45, 7) is 2.54. The van der Waals surface area contributed by atoms with Crippen molar-refractivity contribution in [2.24, 2.45) is 0 Å². The van der Waals surface area contributed by atoms with Crippen LogP contribution in [0.4, 0.5) is 0 Å². The highest BCUT2D eigenvalue weighted by Crippen LogP contribution is 2.25. The minimum atomic E-state index is -0.660. The van der Waals surface area contributed by atoms with Crippen LogP contribution in [0.2, 0.25) is 0 Å². The lowest BCUT2D eigenvalue weighted by atomic mass is 10.0. The maximum absolute atomic E-state index is 10.0. The summed E-state index contributed by atoms with van der Waals surface area (Å²) in [5.41, 5.74) is 1.53. The van der Waals surface area contributed by atoms with Gasteiger partial charge in [-0.1, -0.05) is 0 Å². The minimum Gasteiger partial charge on any atom is -0.501 e. The second-order valence-corrected chi connectivity index (χ2v) is 3.60. The molecular weight excluding hydrogens is 192 g/mol.